The van der Waals surface area contributed by atoms with Gasteiger partial charge in [-0.15, -0.1) is 5.69 Å². The van der Waals surface area contributed by atoms with Crippen LogP contribution in [-0.4, -0.2) is 43.8 Å². The second-order valence-corrected chi connectivity index (χ2v) is 11.3. The summed E-state index contributed by atoms with van der Waals surface area (Å²) in [4.78, 5) is 35.8. The molecule has 2 rings (SSSR count). The van der Waals surface area contributed by atoms with Gasteiger partial charge in [0.25, 0.3) is 0 Å². The fourth-order valence-electron chi connectivity index (χ4n) is 4.84. The summed E-state index contributed by atoms with van der Waals surface area (Å²) in [6, 6.07) is 11.8. The molecule has 9 heteroatoms. The molecule has 226 valence electrons. The van der Waals surface area contributed by atoms with Crippen molar-refractivity contribution in [2.45, 2.75) is 96.8 Å². The summed E-state index contributed by atoms with van der Waals surface area (Å²) < 4.78 is 16.4. The van der Waals surface area contributed by atoms with Crippen LogP contribution in [0.25, 0.3) is 5.32 Å². The van der Waals surface area contributed by atoms with E-state index in [1.165, 1.54) is 0 Å². The smallest absolute Gasteiger partial charge is 0.627 e. The van der Waals surface area contributed by atoms with Gasteiger partial charge in [-0.1, -0.05) is 82.9 Å². The van der Waals surface area contributed by atoms with Crippen molar-refractivity contribution in [1.29, 1.82) is 0 Å². The van der Waals surface area contributed by atoms with E-state index in [4.69, 9.17) is 19.3 Å². The number of methoxy groups -OCH3 is 2. The van der Waals surface area contributed by atoms with Crippen LogP contribution in [0.15, 0.2) is 36.4 Å². The molecule has 0 aromatic heterocycles. The number of unbranched alkanes of at least 4 members (excludes halogenated alkanes) is 2. The summed E-state index contributed by atoms with van der Waals surface area (Å²) in [6.07, 6.45) is 5.10. The van der Waals surface area contributed by atoms with Crippen LogP contribution in [0.3, 0.4) is 0 Å². The molecule has 0 fully saturated rings. The number of para-hydroxylation sites is 1. The first-order valence-corrected chi connectivity index (χ1v) is 14.5. The number of ether oxygens (including phenoxy) is 3. The minimum atomic E-state index is -1.03. The van der Waals surface area contributed by atoms with Crippen molar-refractivity contribution < 1.29 is 63.3 Å². The number of hydrogen-bond donors (Lipinski definition) is 1. The summed E-state index contributed by atoms with van der Waals surface area (Å²) >= 11 is 0. The van der Waals surface area contributed by atoms with Crippen molar-refractivity contribution in [2.24, 2.45) is 0 Å². The van der Waals surface area contributed by atoms with E-state index in [1.54, 1.807) is 14.2 Å². The molecule has 2 aromatic rings. The van der Waals surface area contributed by atoms with E-state index in [2.05, 4.69) is 33.0 Å². The molecule has 1 unspecified atom stereocenters. The second kappa shape index (κ2) is 18.9. The van der Waals surface area contributed by atoms with Gasteiger partial charge >= 0.3 is 41.5 Å². The molecule has 0 spiro atoms. The van der Waals surface area contributed by atoms with Crippen LogP contribution in [0.4, 0.5) is 5.69 Å². The van der Waals surface area contributed by atoms with Gasteiger partial charge in [-0.25, -0.2) is 0 Å². The van der Waals surface area contributed by atoms with Crippen molar-refractivity contribution in [3.8, 4) is 11.5 Å². The third-order valence-electron chi connectivity index (χ3n) is 6.98. The summed E-state index contributed by atoms with van der Waals surface area (Å²) in [5, 5.41) is 13.3. The summed E-state index contributed by atoms with van der Waals surface area (Å²) in [7, 11) is 3.23. The zero-order chi connectivity index (χ0) is 30.4. The van der Waals surface area contributed by atoms with E-state index in [9.17, 15) is 14.4 Å². The molecular formula is C33H46NNaO7. The maximum atomic E-state index is 13.5. The molecule has 0 aliphatic carbocycles. The van der Waals surface area contributed by atoms with Gasteiger partial charge in [-0.05, 0) is 48.6 Å². The SMILES string of the molecule is CCCCCC(CC(=O)[N-]c1cc(CCCOC(=O)CCC(=O)O)ccc1C(C)(C)C)c1cccc(OC)c1OC.[Na+]. The fourth-order valence-corrected chi connectivity index (χ4v) is 4.84. The van der Waals surface area contributed by atoms with Crippen molar-refractivity contribution in [3.63, 3.8) is 0 Å². The van der Waals surface area contributed by atoms with E-state index in [0.717, 1.165) is 42.4 Å². The van der Waals surface area contributed by atoms with Crippen LogP contribution in [0.1, 0.15) is 102 Å². The molecule has 0 saturated carbocycles. The summed E-state index contributed by atoms with van der Waals surface area (Å²) in [6.45, 7) is 8.64. The zero-order valence-corrected chi connectivity index (χ0v) is 28.5. The Morgan fingerprint density at radius 3 is 2.33 bits per heavy atom. The Balaban J connectivity index is 0.00000882. The average molecular weight is 592 g/mol. The molecule has 2 aromatic carbocycles. The number of carbonyl (C=O) groups is 3. The van der Waals surface area contributed by atoms with E-state index in [0.29, 0.717) is 30.0 Å². The predicted molar refractivity (Wildman–Crippen MR) is 160 cm³/mol. The third-order valence-corrected chi connectivity index (χ3v) is 6.98. The molecule has 42 heavy (non-hydrogen) atoms. The van der Waals surface area contributed by atoms with Gasteiger partial charge < -0.3 is 29.4 Å². The largest absolute Gasteiger partial charge is 1.00 e. The maximum absolute atomic E-state index is 13.5. The minimum Gasteiger partial charge on any atom is -0.627 e. The Labute approximate surface area is 273 Å². The number of esters is 1. The number of aryl methyl sites for hydroxylation is 1. The van der Waals surface area contributed by atoms with E-state index >= 15 is 0 Å². The monoisotopic (exact) mass is 591 g/mol. The van der Waals surface area contributed by atoms with Gasteiger partial charge in [0.05, 0.1) is 39.6 Å². The van der Waals surface area contributed by atoms with Crippen molar-refractivity contribution in [3.05, 3.63) is 58.4 Å². The molecule has 1 N–H and O–H groups in total. The van der Waals surface area contributed by atoms with Gasteiger partial charge in [0.2, 0.25) is 0 Å². The number of carbonyl (C=O) groups excluding carboxylic acids is 2. The molecule has 0 radical (unpaired) electrons. The topological polar surface area (TPSA) is 113 Å². The first-order valence-electron chi connectivity index (χ1n) is 14.5. The molecule has 0 aliphatic heterocycles. The molecule has 0 saturated heterocycles. The number of aliphatic carboxylic acids is 1. The van der Waals surface area contributed by atoms with Crippen molar-refractivity contribution in [1.82, 2.24) is 0 Å². The molecule has 0 aliphatic rings. The average Bonchev–Trinajstić information content (AvgIpc) is 2.92. The zero-order valence-electron chi connectivity index (χ0n) is 26.5. The van der Waals surface area contributed by atoms with Crippen LogP contribution >= 0.6 is 0 Å². The maximum Gasteiger partial charge on any atom is 1.00 e. The number of carboxylic acid groups (broad SMARTS) is 1. The molecule has 0 heterocycles. The Kier molecular flexibility index (Phi) is 16.8. The molecule has 0 bridgehead atoms. The van der Waals surface area contributed by atoms with Crippen LogP contribution in [-0.2, 0) is 31.0 Å². The first-order chi connectivity index (χ1) is 19.5. The Morgan fingerprint density at radius 2 is 1.71 bits per heavy atom. The number of hydrogen-bond acceptors (Lipinski definition) is 6. The van der Waals surface area contributed by atoms with Crippen molar-refractivity contribution in [2.75, 3.05) is 20.8 Å². The molecular weight excluding hydrogens is 545 g/mol. The molecule has 8 nitrogen and oxygen atoms in total. The van der Waals surface area contributed by atoms with Gasteiger partial charge in [0.1, 0.15) is 0 Å². The third kappa shape index (κ3) is 12.4. The Morgan fingerprint density at radius 1 is 0.976 bits per heavy atom. The Hall–Kier alpha value is -2.55. The number of benzene rings is 2. The number of carboxylic acids is 1. The van der Waals surface area contributed by atoms with Crippen LogP contribution < -0.4 is 39.0 Å². The molecule has 1 atom stereocenters. The van der Waals surface area contributed by atoms with Gasteiger partial charge in [0, 0.05) is 5.56 Å². The van der Waals surface area contributed by atoms with Gasteiger partial charge in [-0.3, -0.25) is 9.59 Å². The fraction of sp³-hybridized carbons (Fsp3) is 0.545. The van der Waals surface area contributed by atoms with Crippen molar-refractivity contribution >= 4 is 23.5 Å². The Bertz CT molecular complexity index is 1160. The number of amides is 1. The minimum absolute atomic E-state index is 0. The first kappa shape index (κ1) is 37.5. The van der Waals surface area contributed by atoms with E-state index < -0.39 is 11.9 Å². The number of rotatable bonds is 17. The normalized spacial score (nSPS) is 11.7. The van der Waals surface area contributed by atoms with Gasteiger partial charge in [-0.2, -0.15) is 0 Å². The quantitative estimate of drug-likeness (QED) is 0.162. The van der Waals surface area contributed by atoms with Gasteiger partial charge in [0.15, 0.2) is 11.5 Å². The summed E-state index contributed by atoms with van der Waals surface area (Å²) in [5.74, 6) is -0.485. The van der Waals surface area contributed by atoms with Crippen LogP contribution in [0.5, 0.6) is 11.5 Å². The van der Waals surface area contributed by atoms with Crippen LogP contribution in [0.2, 0.25) is 0 Å². The number of nitrogens with zero attached hydrogens (tertiary/aromatic N) is 1. The summed E-state index contributed by atoms with van der Waals surface area (Å²) in [5.41, 5.74) is 3.36. The van der Waals surface area contributed by atoms with E-state index in [1.807, 2.05) is 36.4 Å². The van der Waals surface area contributed by atoms with Crippen LogP contribution in [0, 0.1) is 0 Å². The standard InChI is InChI=1S/C33H47NO7.Na/c1-7-8-9-13-24(25-14-10-15-28(39-5)32(25)40-6)22-29(35)34-27-21-23(16-17-26(27)33(2,3)4)12-11-20-41-31(38)19-18-30(36)37;/h10,14-17,21,24H,7-9,11-13,18-20,22H2,1-6H3,(H2,34,35,36,37);/q;+1/p-1. The molecule has 1 amide bonds. The second-order valence-electron chi connectivity index (χ2n) is 11.3. The predicted octanol–water partition coefficient (Wildman–Crippen LogP) is 4.63. The van der Waals surface area contributed by atoms with E-state index in [-0.39, 0.29) is 72.7 Å².